The molecule has 1 aromatic rings. The van der Waals surface area contributed by atoms with Crippen LogP contribution in [0.25, 0.3) is 0 Å². The number of carbonyl (C=O) groups excluding carboxylic acids is 4. The highest BCUT2D eigenvalue weighted by atomic mass is 16.5. The van der Waals surface area contributed by atoms with Gasteiger partial charge in [-0.2, -0.15) is 0 Å². The summed E-state index contributed by atoms with van der Waals surface area (Å²) in [4.78, 5) is 54.3. The Morgan fingerprint density at radius 3 is 2.56 bits per heavy atom. The molecule has 2 aliphatic rings. The molecule has 1 aliphatic heterocycles. The van der Waals surface area contributed by atoms with Gasteiger partial charge in [-0.15, -0.1) is 0 Å². The van der Waals surface area contributed by atoms with E-state index in [4.69, 9.17) is 20.6 Å². The van der Waals surface area contributed by atoms with Crippen LogP contribution >= 0.6 is 0 Å². The molecule has 1 heterocycles. The molecule has 0 bridgehead atoms. The number of alkyl carbamates (subject to hydrolysis) is 1. The largest absolute Gasteiger partial charge is 0.466 e. The number of ether oxygens (including phenoxy) is 2. The minimum absolute atomic E-state index is 0.0119. The van der Waals surface area contributed by atoms with Gasteiger partial charge in [-0.05, 0) is 44.1 Å². The molecule has 3 rings (SSSR count). The number of guanidine groups is 1. The summed E-state index contributed by atoms with van der Waals surface area (Å²) in [6.07, 6.45) is 2.29. The number of esters is 1. The number of nitrogens with two attached hydrogens (primary N) is 1. The summed E-state index contributed by atoms with van der Waals surface area (Å²) in [5, 5.41) is 13.1. The molecular formula is C27H40N6O6. The monoisotopic (exact) mass is 544 g/mol. The maximum atomic E-state index is 13.5. The summed E-state index contributed by atoms with van der Waals surface area (Å²) in [6.45, 7) is 3.79. The number of likely N-dealkylation sites (tertiary alicyclic amines) is 1. The molecule has 5 N–H and O–H groups in total. The predicted molar refractivity (Wildman–Crippen MR) is 143 cm³/mol. The van der Waals surface area contributed by atoms with Crippen LogP contribution in [0.15, 0.2) is 30.3 Å². The van der Waals surface area contributed by atoms with Crippen molar-refractivity contribution in [3.63, 3.8) is 0 Å². The second-order valence-corrected chi connectivity index (χ2v) is 9.92. The Kier molecular flexibility index (Phi) is 11.4. The Hall–Kier alpha value is -3.83. The highest BCUT2D eigenvalue weighted by molar-refractivity contribution is 5.91. The van der Waals surface area contributed by atoms with Crippen LogP contribution < -0.4 is 16.4 Å². The molecule has 3 amide bonds. The molecule has 0 radical (unpaired) electrons. The van der Waals surface area contributed by atoms with E-state index in [1.165, 1.54) is 0 Å². The molecule has 39 heavy (non-hydrogen) atoms. The normalized spacial score (nSPS) is 17.5. The van der Waals surface area contributed by atoms with E-state index in [0.29, 0.717) is 19.6 Å². The molecule has 0 spiro atoms. The number of hydrogen-bond donors (Lipinski definition) is 4. The topological polar surface area (TPSA) is 167 Å². The lowest BCUT2D eigenvalue weighted by Crippen LogP contribution is -2.52. The zero-order valence-electron chi connectivity index (χ0n) is 22.5. The molecule has 1 saturated heterocycles. The smallest absolute Gasteiger partial charge is 0.408 e. The van der Waals surface area contributed by atoms with Crippen molar-refractivity contribution in [2.45, 2.75) is 64.1 Å². The first-order valence-electron chi connectivity index (χ1n) is 13.6. The highest BCUT2D eigenvalue weighted by Gasteiger charge is 2.37. The van der Waals surface area contributed by atoms with Gasteiger partial charge in [0.25, 0.3) is 0 Å². The first-order chi connectivity index (χ1) is 18.8. The fourth-order valence-electron chi connectivity index (χ4n) is 4.58. The molecule has 12 nitrogen and oxygen atoms in total. The SMILES string of the molecule is CCOC(=O)CCN(C(=O)[C@H](CC(=O)NC[C@@H]1CCCN(C(=N)N)C1)NC(=O)OCc1ccccc1)C1CC1. The van der Waals surface area contributed by atoms with E-state index in [2.05, 4.69) is 10.6 Å². The van der Waals surface area contributed by atoms with Gasteiger partial charge in [-0.3, -0.25) is 19.8 Å². The van der Waals surface area contributed by atoms with Crippen molar-refractivity contribution in [2.24, 2.45) is 11.7 Å². The Bertz CT molecular complexity index is 1000. The molecular weight excluding hydrogens is 504 g/mol. The van der Waals surface area contributed by atoms with Crippen LogP contribution in [0.2, 0.25) is 0 Å². The Morgan fingerprint density at radius 2 is 1.90 bits per heavy atom. The van der Waals surface area contributed by atoms with Crippen LogP contribution in [0.4, 0.5) is 4.79 Å². The lowest BCUT2D eigenvalue weighted by molar-refractivity contribution is -0.144. The van der Waals surface area contributed by atoms with Crippen LogP contribution in [-0.2, 0) is 30.5 Å². The van der Waals surface area contributed by atoms with Gasteiger partial charge in [0.05, 0.1) is 19.4 Å². The predicted octanol–water partition coefficient (Wildman–Crippen LogP) is 1.34. The summed E-state index contributed by atoms with van der Waals surface area (Å²) < 4.78 is 10.3. The Labute approximate surface area is 229 Å². The highest BCUT2D eigenvalue weighted by Crippen LogP contribution is 2.28. The van der Waals surface area contributed by atoms with Crippen molar-refractivity contribution in [3.8, 4) is 0 Å². The minimum atomic E-state index is -1.16. The van der Waals surface area contributed by atoms with Crippen LogP contribution in [-0.4, -0.2) is 84.5 Å². The number of nitrogens with one attached hydrogen (secondary N) is 3. The van der Waals surface area contributed by atoms with Gasteiger partial charge < -0.3 is 35.6 Å². The zero-order valence-corrected chi connectivity index (χ0v) is 22.5. The number of benzene rings is 1. The fourth-order valence-corrected chi connectivity index (χ4v) is 4.58. The number of hydrogen-bond acceptors (Lipinski definition) is 7. The zero-order chi connectivity index (χ0) is 28.2. The van der Waals surface area contributed by atoms with Crippen molar-refractivity contribution >= 4 is 29.8 Å². The van der Waals surface area contributed by atoms with Gasteiger partial charge in [0.2, 0.25) is 11.8 Å². The Balaban J connectivity index is 1.61. The third kappa shape index (κ3) is 10.1. The van der Waals surface area contributed by atoms with E-state index in [1.807, 2.05) is 30.3 Å². The summed E-state index contributed by atoms with van der Waals surface area (Å²) in [6, 6.07) is 7.93. The number of piperidine rings is 1. The van der Waals surface area contributed by atoms with Gasteiger partial charge in [0.1, 0.15) is 12.6 Å². The van der Waals surface area contributed by atoms with E-state index in [0.717, 1.165) is 31.2 Å². The molecule has 2 atom stereocenters. The molecule has 12 heteroatoms. The maximum absolute atomic E-state index is 13.5. The van der Waals surface area contributed by atoms with E-state index >= 15 is 0 Å². The van der Waals surface area contributed by atoms with E-state index < -0.39 is 29.9 Å². The Morgan fingerprint density at radius 1 is 1.15 bits per heavy atom. The summed E-state index contributed by atoms with van der Waals surface area (Å²) in [5.74, 6) is -1.10. The van der Waals surface area contributed by atoms with Crippen molar-refractivity contribution in [1.29, 1.82) is 5.41 Å². The number of nitrogens with zero attached hydrogens (tertiary/aromatic N) is 2. The molecule has 214 valence electrons. The maximum Gasteiger partial charge on any atom is 0.408 e. The standard InChI is InChI=1S/C27H40N6O6/c1-2-38-24(35)12-14-33(21-10-11-21)25(36)22(31-27(37)39-18-19-7-4-3-5-8-19)15-23(34)30-16-20-9-6-13-32(17-20)26(28)29/h3-5,7-8,20-22H,2,6,9-18H2,1H3,(H3,28,29)(H,30,34)(H,31,37)/t20-,22-/m0/s1. The minimum Gasteiger partial charge on any atom is -0.466 e. The van der Waals surface area contributed by atoms with Gasteiger partial charge in [-0.25, -0.2) is 4.79 Å². The summed E-state index contributed by atoms with van der Waals surface area (Å²) >= 11 is 0. The number of carbonyl (C=O) groups is 4. The summed E-state index contributed by atoms with van der Waals surface area (Å²) in [5.41, 5.74) is 6.40. The van der Waals surface area contributed by atoms with Gasteiger partial charge in [0.15, 0.2) is 5.96 Å². The first-order valence-corrected chi connectivity index (χ1v) is 13.6. The lowest BCUT2D eigenvalue weighted by Gasteiger charge is -2.33. The molecule has 1 aromatic carbocycles. The average molecular weight is 545 g/mol. The second kappa shape index (κ2) is 14.9. The van der Waals surface area contributed by atoms with Crippen molar-refractivity contribution in [3.05, 3.63) is 35.9 Å². The van der Waals surface area contributed by atoms with Crippen LogP contribution in [0.5, 0.6) is 0 Å². The average Bonchev–Trinajstić information content (AvgIpc) is 3.77. The number of amides is 3. The quantitative estimate of drug-likeness (QED) is 0.164. The molecule has 1 saturated carbocycles. The third-order valence-electron chi connectivity index (χ3n) is 6.77. The van der Waals surface area contributed by atoms with Crippen LogP contribution in [0.3, 0.4) is 0 Å². The van der Waals surface area contributed by atoms with Gasteiger partial charge in [0, 0.05) is 32.2 Å². The van der Waals surface area contributed by atoms with Crippen molar-refractivity contribution < 1.29 is 28.7 Å². The van der Waals surface area contributed by atoms with Crippen molar-refractivity contribution in [1.82, 2.24) is 20.4 Å². The molecule has 0 unspecified atom stereocenters. The molecule has 2 fully saturated rings. The number of rotatable bonds is 13. The first kappa shape index (κ1) is 29.7. The second-order valence-electron chi connectivity index (χ2n) is 9.92. The van der Waals surface area contributed by atoms with E-state index in [-0.39, 0.29) is 50.5 Å². The van der Waals surface area contributed by atoms with E-state index in [1.54, 1.807) is 16.7 Å². The van der Waals surface area contributed by atoms with Gasteiger partial charge >= 0.3 is 12.1 Å². The van der Waals surface area contributed by atoms with Gasteiger partial charge in [-0.1, -0.05) is 30.3 Å². The third-order valence-corrected chi connectivity index (χ3v) is 6.77. The summed E-state index contributed by atoms with van der Waals surface area (Å²) in [7, 11) is 0. The van der Waals surface area contributed by atoms with Crippen LogP contribution in [0.1, 0.15) is 51.0 Å². The van der Waals surface area contributed by atoms with Crippen molar-refractivity contribution in [2.75, 3.05) is 32.8 Å². The molecule has 1 aliphatic carbocycles. The lowest BCUT2D eigenvalue weighted by atomic mass is 9.98. The fraction of sp³-hybridized carbons (Fsp3) is 0.593. The van der Waals surface area contributed by atoms with E-state index in [9.17, 15) is 19.2 Å². The molecule has 0 aromatic heterocycles. The van der Waals surface area contributed by atoms with Crippen LogP contribution in [0, 0.1) is 11.3 Å².